The van der Waals surface area contributed by atoms with E-state index in [9.17, 15) is 0 Å². The van der Waals surface area contributed by atoms with Crippen molar-refractivity contribution >= 4 is 0 Å². The Morgan fingerprint density at radius 2 is 2.55 bits per heavy atom. The average Bonchev–Trinajstić information content (AvgIpc) is 2.37. The van der Waals surface area contributed by atoms with Crippen LogP contribution in [0.4, 0.5) is 0 Å². The zero-order chi connectivity index (χ0) is 8.10. The van der Waals surface area contributed by atoms with E-state index >= 15 is 0 Å². The van der Waals surface area contributed by atoms with Gasteiger partial charge in [0, 0.05) is 18.4 Å². The maximum absolute atomic E-state index is 4.17. The normalized spacial score (nSPS) is 9.91. The van der Waals surface area contributed by atoms with Crippen molar-refractivity contribution < 1.29 is 0 Å². The molecule has 0 aromatic carbocycles. The molecule has 0 bridgehead atoms. The van der Waals surface area contributed by atoms with Gasteiger partial charge in [-0.25, -0.2) is 0 Å². The summed E-state index contributed by atoms with van der Waals surface area (Å²) in [6, 6.07) is 2.02. The highest BCUT2D eigenvalue weighted by molar-refractivity contribution is 4.96. The lowest BCUT2D eigenvalue weighted by Gasteiger charge is -2.01. The maximum Gasteiger partial charge on any atom is 0.0492 e. The molecule has 0 amide bonds. The Bertz CT molecular complexity index is 225. The van der Waals surface area contributed by atoms with Crippen molar-refractivity contribution in [1.82, 2.24) is 9.78 Å². The monoisotopic (exact) mass is 150 g/mol. The summed E-state index contributed by atoms with van der Waals surface area (Å²) in [6.07, 6.45) is 5.98. The molecular weight excluding hydrogens is 136 g/mol. The van der Waals surface area contributed by atoms with Crippen LogP contribution in [0.2, 0.25) is 0 Å². The summed E-state index contributed by atoms with van der Waals surface area (Å²) in [7, 11) is 0. The van der Waals surface area contributed by atoms with Crippen LogP contribution in [0.25, 0.3) is 0 Å². The molecule has 0 radical (unpaired) electrons. The standard InChI is InChI=1S/C9H14N2/c1-3-4-5-8-11-9(2)6-7-10-11/h3,6-7H,1,4-5,8H2,2H3. The van der Waals surface area contributed by atoms with Crippen LogP contribution in [0, 0.1) is 6.92 Å². The van der Waals surface area contributed by atoms with Crippen molar-refractivity contribution in [2.45, 2.75) is 26.3 Å². The second-order valence-electron chi connectivity index (χ2n) is 2.63. The van der Waals surface area contributed by atoms with Crippen LogP contribution < -0.4 is 0 Å². The molecule has 0 saturated carbocycles. The van der Waals surface area contributed by atoms with E-state index in [2.05, 4.69) is 18.6 Å². The summed E-state index contributed by atoms with van der Waals surface area (Å²) >= 11 is 0. The fourth-order valence-electron chi connectivity index (χ4n) is 1.02. The van der Waals surface area contributed by atoms with Gasteiger partial charge >= 0.3 is 0 Å². The van der Waals surface area contributed by atoms with Crippen molar-refractivity contribution in [2.75, 3.05) is 0 Å². The number of unbranched alkanes of at least 4 members (excludes halogenated alkanes) is 1. The number of aryl methyl sites for hydroxylation is 2. The summed E-state index contributed by atoms with van der Waals surface area (Å²) in [4.78, 5) is 0. The summed E-state index contributed by atoms with van der Waals surface area (Å²) in [5, 5.41) is 4.17. The first-order chi connectivity index (χ1) is 5.34. The molecular formula is C9H14N2. The highest BCUT2D eigenvalue weighted by Crippen LogP contribution is 1.99. The van der Waals surface area contributed by atoms with Gasteiger partial charge < -0.3 is 0 Å². The third-order valence-electron chi connectivity index (χ3n) is 1.71. The van der Waals surface area contributed by atoms with E-state index in [1.165, 1.54) is 5.69 Å². The lowest BCUT2D eigenvalue weighted by Crippen LogP contribution is -2.01. The molecule has 0 N–H and O–H groups in total. The van der Waals surface area contributed by atoms with Gasteiger partial charge in [0.2, 0.25) is 0 Å². The highest BCUT2D eigenvalue weighted by Gasteiger charge is 1.93. The number of hydrogen-bond donors (Lipinski definition) is 0. The molecule has 0 fully saturated rings. The minimum absolute atomic E-state index is 1.00. The van der Waals surface area contributed by atoms with Gasteiger partial charge in [-0.3, -0.25) is 4.68 Å². The van der Waals surface area contributed by atoms with Crippen LogP contribution in [0.3, 0.4) is 0 Å². The highest BCUT2D eigenvalue weighted by atomic mass is 15.3. The molecule has 60 valence electrons. The number of allylic oxidation sites excluding steroid dienone is 1. The molecule has 2 heteroatoms. The first-order valence-corrected chi connectivity index (χ1v) is 3.94. The average molecular weight is 150 g/mol. The Kier molecular flexibility index (Phi) is 2.90. The summed E-state index contributed by atoms with van der Waals surface area (Å²) in [5.74, 6) is 0. The van der Waals surface area contributed by atoms with E-state index in [-0.39, 0.29) is 0 Å². The molecule has 0 spiro atoms. The first kappa shape index (κ1) is 8.05. The number of hydrogen-bond acceptors (Lipinski definition) is 1. The summed E-state index contributed by atoms with van der Waals surface area (Å²) in [6.45, 7) is 6.75. The lowest BCUT2D eigenvalue weighted by atomic mass is 10.3. The maximum atomic E-state index is 4.17. The van der Waals surface area contributed by atoms with Crippen LogP contribution in [0.1, 0.15) is 18.5 Å². The molecule has 1 heterocycles. The number of aromatic nitrogens is 2. The van der Waals surface area contributed by atoms with Crippen LogP contribution in [-0.4, -0.2) is 9.78 Å². The molecule has 0 atom stereocenters. The third kappa shape index (κ3) is 2.22. The van der Waals surface area contributed by atoms with Gasteiger partial charge in [0.25, 0.3) is 0 Å². The van der Waals surface area contributed by atoms with Gasteiger partial charge in [0.05, 0.1) is 0 Å². The second-order valence-corrected chi connectivity index (χ2v) is 2.63. The largest absolute Gasteiger partial charge is 0.270 e. The van der Waals surface area contributed by atoms with Crippen molar-refractivity contribution in [2.24, 2.45) is 0 Å². The van der Waals surface area contributed by atoms with Crippen LogP contribution in [0.15, 0.2) is 24.9 Å². The Labute approximate surface area is 67.5 Å². The fraction of sp³-hybridized carbons (Fsp3) is 0.444. The van der Waals surface area contributed by atoms with E-state index in [4.69, 9.17) is 0 Å². The van der Waals surface area contributed by atoms with Crippen molar-refractivity contribution in [3.63, 3.8) is 0 Å². The molecule has 2 nitrogen and oxygen atoms in total. The molecule has 0 aliphatic carbocycles. The zero-order valence-electron chi connectivity index (χ0n) is 6.95. The minimum Gasteiger partial charge on any atom is -0.270 e. The number of rotatable bonds is 4. The van der Waals surface area contributed by atoms with Gasteiger partial charge in [0.1, 0.15) is 0 Å². The molecule has 0 saturated heterocycles. The van der Waals surface area contributed by atoms with Crippen LogP contribution in [-0.2, 0) is 6.54 Å². The predicted octanol–water partition coefficient (Wildman–Crippen LogP) is 2.16. The molecule has 11 heavy (non-hydrogen) atoms. The van der Waals surface area contributed by atoms with E-state index < -0.39 is 0 Å². The molecule has 1 rings (SSSR count). The van der Waals surface area contributed by atoms with Gasteiger partial charge in [0.15, 0.2) is 0 Å². The van der Waals surface area contributed by atoms with E-state index in [0.717, 1.165) is 19.4 Å². The fourth-order valence-corrected chi connectivity index (χ4v) is 1.02. The second kappa shape index (κ2) is 3.96. The quantitative estimate of drug-likeness (QED) is 0.475. The summed E-state index contributed by atoms with van der Waals surface area (Å²) < 4.78 is 2.02. The van der Waals surface area contributed by atoms with Gasteiger partial charge in [-0.1, -0.05) is 6.08 Å². The molecule has 0 aliphatic rings. The lowest BCUT2D eigenvalue weighted by molar-refractivity contribution is 0.570. The molecule has 0 unspecified atom stereocenters. The topological polar surface area (TPSA) is 17.8 Å². The van der Waals surface area contributed by atoms with E-state index in [1.807, 2.05) is 23.0 Å². The Hall–Kier alpha value is -1.05. The SMILES string of the molecule is C=CCCCn1nccc1C. The minimum atomic E-state index is 1.00. The predicted molar refractivity (Wildman–Crippen MR) is 46.4 cm³/mol. The molecule has 0 aliphatic heterocycles. The molecule has 1 aromatic rings. The Morgan fingerprint density at radius 3 is 3.09 bits per heavy atom. The zero-order valence-corrected chi connectivity index (χ0v) is 6.95. The van der Waals surface area contributed by atoms with Crippen molar-refractivity contribution in [3.05, 3.63) is 30.6 Å². The number of nitrogens with zero attached hydrogens (tertiary/aromatic N) is 2. The van der Waals surface area contributed by atoms with Crippen LogP contribution >= 0.6 is 0 Å². The Morgan fingerprint density at radius 1 is 1.73 bits per heavy atom. The van der Waals surface area contributed by atoms with Crippen LogP contribution in [0.5, 0.6) is 0 Å². The van der Waals surface area contributed by atoms with E-state index in [1.54, 1.807) is 0 Å². The van der Waals surface area contributed by atoms with E-state index in [0.29, 0.717) is 0 Å². The van der Waals surface area contributed by atoms with Crippen molar-refractivity contribution in [3.8, 4) is 0 Å². The third-order valence-corrected chi connectivity index (χ3v) is 1.71. The summed E-state index contributed by atoms with van der Waals surface area (Å²) in [5.41, 5.74) is 1.23. The first-order valence-electron chi connectivity index (χ1n) is 3.94. The smallest absolute Gasteiger partial charge is 0.0492 e. The van der Waals surface area contributed by atoms with Crippen molar-refractivity contribution in [1.29, 1.82) is 0 Å². The van der Waals surface area contributed by atoms with Gasteiger partial charge in [-0.05, 0) is 25.8 Å². The Balaban J connectivity index is 2.38. The van der Waals surface area contributed by atoms with Gasteiger partial charge in [-0.15, -0.1) is 6.58 Å². The van der Waals surface area contributed by atoms with Gasteiger partial charge in [-0.2, -0.15) is 5.10 Å². The molecule has 1 aromatic heterocycles.